The molecule has 0 aliphatic carbocycles. The second-order valence-corrected chi connectivity index (χ2v) is 6.63. The molecule has 1 N–H and O–H groups in total. The smallest absolute Gasteiger partial charge is 0.257 e. The van der Waals surface area contributed by atoms with Crippen molar-refractivity contribution in [2.45, 2.75) is 6.92 Å². The molecule has 2 aromatic heterocycles. The van der Waals surface area contributed by atoms with E-state index in [9.17, 15) is 4.79 Å². The van der Waals surface area contributed by atoms with Gasteiger partial charge in [0, 0.05) is 36.1 Å². The number of methoxy groups -OCH3 is 1. The number of nitrogens with one attached hydrogen (secondary N) is 1. The maximum atomic E-state index is 13.2. The fraction of sp³-hybridized carbons (Fsp3) is 0.286. The van der Waals surface area contributed by atoms with Crippen LogP contribution in [0.1, 0.15) is 16.1 Å². The summed E-state index contributed by atoms with van der Waals surface area (Å²) in [6.07, 6.45) is 1.61. The average molecular weight is 415 g/mol. The molecule has 1 aliphatic rings. The largest absolute Gasteiger partial charge is 0.497 e. The van der Waals surface area contributed by atoms with E-state index in [0.717, 1.165) is 22.5 Å². The molecule has 3 aromatic rings. The third-order valence-electron chi connectivity index (χ3n) is 4.76. The van der Waals surface area contributed by atoms with E-state index in [-0.39, 0.29) is 18.3 Å². The number of aryl methyl sites for hydroxylation is 1. The number of aromatic nitrogens is 2. The van der Waals surface area contributed by atoms with E-state index < -0.39 is 0 Å². The minimum atomic E-state index is -0.0608. The molecule has 4 rings (SSSR count). The van der Waals surface area contributed by atoms with Gasteiger partial charge in [0.1, 0.15) is 5.75 Å². The first-order valence-electron chi connectivity index (χ1n) is 9.20. The van der Waals surface area contributed by atoms with Crippen LogP contribution in [0, 0.1) is 6.92 Å². The fourth-order valence-corrected chi connectivity index (χ4v) is 3.22. The van der Waals surface area contributed by atoms with Crippen molar-refractivity contribution in [3.63, 3.8) is 0 Å². The summed E-state index contributed by atoms with van der Waals surface area (Å²) in [5.74, 6) is 0.710. The van der Waals surface area contributed by atoms with Gasteiger partial charge in [0.15, 0.2) is 5.65 Å². The van der Waals surface area contributed by atoms with Crippen LogP contribution in [-0.4, -0.2) is 54.2 Å². The number of rotatable bonds is 4. The zero-order valence-corrected chi connectivity index (χ0v) is 17.2. The van der Waals surface area contributed by atoms with Crippen LogP contribution in [0.4, 0.5) is 11.4 Å². The van der Waals surface area contributed by atoms with Crippen LogP contribution in [0.3, 0.4) is 0 Å². The molecule has 0 bridgehead atoms. The van der Waals surface area contributed by atoms with E-state index in [1.165, 1.54) is 0 Å². The van der Waals surface area contributed by atoms with Gasteiger partial charge in [-0.1, -0.05) is 0 Å². The number of benzene rings is 1. The maximum Gasteiger partial charge on any atom is 0.257 e. The van der Waals surface area contributed by atoms with Crippen LogP contribution in [0.5, 0.6) is 5.75 Å². The molecular formula is C21H23ClN4O3. The predicted octanol–water partition coefficient (Wildman–Crippen LogP) is 3.58. The quantitative estimate of drug-likeness (QED) is 0.703. The fourth-order valence-electron chi connectivity index (χ4n) is 3.22. The highest BCUT2D eigenvalue weighted by atomic mass is 35.5. The number of ether oxygens (including phenoxy) is 2. The molecule has 1 aromatic carbocycles. The van der Waals surface area contributed by atoms with Gasteiger partial charge < -0.3 is 19.7 Å². The number of hydrogen-bond acceptors (Lipinski definition) is 6. The lowest BCUT2D eigenvalue weighted by molar-refractivity contribution is 0.0303. The molecule has 0 saturated carbocycles. The highest BCUT2D eigenvalue weighted by Crippen LogP contribution is 2.30. The summed E-state index contributed by atoms with van der Waals surface area (Å²) in [4.78, 5) is 23.9. The molecule has 3 heterocycles. The van der Waals surface area contributed by atoms with E-state index >= 15 is 0 Å². The maximum absolute atomic E-state index is 13.2. The Kier molecular flexibility index (Phi) is 6.51. The van der Waals surface area contributed by atoms with Crippen LogP contribution in [0.2, 0.25) is 0 Å². The van der Waals surface area contributed by atoms with Gasteiger partial charge in [-0.15, -0.1) is 12.4 Å². The number of amides is 1. The predicted molar refractivity (Wildman–Crippen MR) is 115 cm³/mol. The van der Waals surface area contributed by atoms with Crippen molar-refractivity contribution in [3.8, 4) is 5.75 Å². The van der Waals surface area contributed by atoms with E-state index in [4.69, 9.17) is 9.47 Å². The lowest BCUT2D eigenvalue weighted by atomic mass is 10.1. The first-order valence-corrected chi connectivity index (χ1v) is 9.20. The van der Waals surface area contributed by atoms with Crippen molar-refractivity contribution < 1.29 is 14.3 Å². The van der Waals surface area contributed by atoms with Crippen LogP contribution >= 0.6 is 12.4 Å². The summed E-state index contributed by atoms with van der Waals surface area (Å²) in [5, 5.41) is 4.20. The topological polar surface area (TPSA) is 76.6 Å². The number of nitrogens with zero attached hydrogens (tertiary/aromatic N) is 3. The number of carbonyl (C=O) groups excluding carboxylic acids is 1. The van der Waals surface area contributed by atoms with Crippen molar-refractivity contribution >= 4 is 40.7 Å². The van der Waals surface area contributed by atoms with Gasteiger partial charge in [-0.05, 0) is 43.3 Å². The Hall–Kier alpha value is -2.90. The van der Waals surface area contributed by atoms with E-state index in [1.54, 1.807) is 18.2 Å². The van der Waals surface area contributed by atoms with Gasteiger partial charge in [0.25, 0.3) is 5.91 Å². The highest BCUT2D eigenvalue weighted by molar-refractivity contribution is 6.07. The molecule has 1 amide bonds. The highest BCUT2D eigenvalue weighted by Gasteiger charge is 2.23. The Labute approximate surface area is 175 Å². The van der Waals surface area contributed by atoms with Gasteiger partial charge in [0.05, 0.1) is 31.6 Å². The monoisotopic (exact) mass is 414 g/mol. The van der Waals surface area contributed by atoms with E-state index in [0.29, 0.717) is 43.2 Å². The third-order valence-corrected chi connectivity index (χ3v) is 4.76. The Morgan fingerprint density at radius 2 is 1.86 bits per heavy atom. The zero-order valence-electron chi connectivity index (χ0n) is 16.3. The van der Waals surface area contributed by atoms with Gasteiger partial charge >= 0.3 is 0 Å². The minimum Gasteiger partial charge on any atom is -0.497 e. The molecule has 152 valence electrons. The summed E-state index contributed by atoms with van der Waals surface area (Å²) >= 11 is 0. The zero-order chi connectivity index (χ0) is 19.5. The summed E-state index contributed by atoms with van der Waals surface area (Å²) in [6, 6.07) is 11.4. The van der Waals surface area contributed by atoms with E-state index in [2.05, 4.69) is 15.3 Å². The molecule has 0 unspecified atom stereocenters. The molecule has 1 saturated heterocycles. The number of pyridine rings is 2. The molecule has 0 spiro atoms. The summed E-state index contributed by atoms with van der Waals surface area (Å²) in [6.45, 7) is 4.17. The molecule has 7 nitrogen and oxygen atoms in total. The van der Waals surface area contributed by atoms with Gasteiger partial charge in [-0.3, -0.25) is 4.79 Å². The van der Waals surface area contributed by atoms with Crippen molar-refractivity contribution in [2.24, 2.45) is 0 Å². The minimum absolute atomic E-state index is 0. The molecule has 0 radical (unpaired) electrons. The Bertz CT molecular complexity index is 1000. The van der Waals surface area contributed by atoms with Crippen LogP contribution in [0.25, 0.3) is 11.0 Å². The first kappa shape index (κ1) is 20.8. The number of fused-ring (bicyclic) bond motifs is 1. The normalized spacial score (nSPS) is 13.7. The Morgan fingerprint density at radius 3 is 2.55 bits per heavy atom. The first-order chi connectivity index (χ1) is 13.7. The van der Waals surface area contributed by atoms with Crippen molar-refractivity contribution in [1.82, 2.24) is 14.9 Å². The van der Waals surface area contributed by atoms with E-state index in [1.807, 2.05) is 43.3 Å². The van der Waals surface area contributed by atoms with Crippen molar-refractivity contribution in [2.75, 3.05) is 38.7 Å². The number of halogens is 1. The third kappa shape index (κ3) is 4.41. The van der Waals surface area contributed by atoms with Crippen molar-refractivity contribution in [1.29, 1.82) is 0 Å². The van der Waals surface area contributed by atoms with Gasteiger partial charge in [-0.2, -0.15) is 0 Å². The van der Waals surface area contributed by atoms with Gasteiger partial charge in [-0.25, -0.2) is 9.97 Å². The Balaban J connectivity index is 0.00000240. The summed E-state index contributed by atoms with van der Waals surface area (Å²) in [7, 11) is 1.63. The average Bonchev–Trinajstić information content (AvgIpc) is 2.74. The van der Waals surface area contributed by atoms with Crippen LogP contribution in [-0.2, 0) is 4.74 Å². The standard InChI is InChI=1S/C21H22N4O3.ClH/c1-14-3-8-17-19(24-15-4-6-16(27-2)7-5-15)18(13-22-20(17)23-14)21(26)25-9-11-28-12-10-25;/h3-8,13H,9-12H2,1-2H3,(H,22,23,24);1H. The molecular weight excluding hydrogens is 392 g/mol. The second kappa shape index (κ2) is 9.07. The van der Waals surface area contributed by atoms with Gasteiger partial charge in [0.2, 0.25) is 0 Å². The lowest BCUT2D eigenvalue weighted by Crippen LogP contribution is -2.41. The lowest BCUT2D eigenvalue weighted by Gasteiger charge is -2.27. The van der Waals surface area contributed by atoms with Crippen LogP contribution in [0.15, 0.2) is 42.6 Å². The van der Waals surface area contributed by atoms with Crippen LogP contribution < -0.4 is 10.1 Å². The Morgan fingerprint density at radius 1 is 1.14 bits per heavy atom. The van der Waals surface area contributed by atoms with Crippen molar-refractivity contribution in [3.05, 3.63) is 53.9 Å². The SMILES string of the molecule is COc1ccc(Nc2c(C(=O)N3CCOCC3)cnc3nc(C)ccc23)cc1.Cl. The number of anilines is 2. The number of morpholine rings is 1. The molecule has 1 fully saturated rings. The molecule has 0 atom stereocenters. The number of hydrogen-bond donors (Lipinski definition) is 1. The molecule has 1 aliphatic heterocycles. The summed E-state index contributed by atoms with van der Waals surface area (Å²) < 4.78 is 10.6. The number of carbonyl (C=O) groups is 1. The summed E-state index contributed by atoms with van der Waals surface area (Å²) in [5.41, 5.74) is 3.57. The molecule has 8 heteroatoms. The second-order valence-electron chi connectivity index (χ2n) is 6.63. The molecule has 29 heavy (non-hydrogen) atoms.